The topological polar surface area (TPSA) is 77.8 Å². The largest absolute Gasteiger partial charge is 0.337 e. The number of nitriles is 1. The van der Waals surface area contributed by atoms with Crippen LogP contribution in [0, 0.1) is 11.3 Å². The third-order valence-electron chi connectivity index (χ3n) is 2.82. The lowest BCUT2D eigenvalue weighted by Crippen LogP contribution is -2.30. The van der Waals surface area contributed by atoms with Crippen LogP contribution in [0.4, 0.5) is 10.6 Å². The number of carbonyl (C=O) groups excluding carboxylic acids is 1. The summed E-state index contributed by atoms with van der Waals surface area (Å²) in [5.41, 5.74) is 1.21. The van der Waals surface area contributed by atoms with E-state index in [1.54, 1.807) is 0 Å². The fourth-order valence-electron chi connectivity index (χ4n) is 1.77. The van der Waals surface area contributed by atoms with E-state index in [9.17, 15) is 4.79 Å². The Hall–Kier alpha value is -2.29. The lowest BCUT2D eigenvalue weighted by molar-refractivity contribution is 0.252. The smallest absolute Gasteiger partial charge is 0.320 e. The second-order valence-corrected chi connectivity index (χ2v) is 5.15. The second-order valence-electron chi connectivity index (χ2n) is 4.38. The molecule has 1 aromatic carbocycles. The number of anilines is 1. The number of rotatable bonds is 4. The minimum absolute atomic E-state index is 0.0467. The second kappa shape index (κ2) is 7.64. The zero-order valence-electron chi connectivity index (χ0n) is 11.4. The number of pyridine rings is 1. The molecule has 0 bridgehead atoms. The molecule has 0 unspecified atom stereocenters. The van der Waals surface area contributed by atoms with Gasteiger partial charge in [-0.3, -0.25) is 5.32 Å². The molecular formula is C15H12Cl2N4O. The molecule has 7 heteroatoms. The van der Waals surface area contributed by atoms with Crippen LogP contribution in [0.3, 0.4) is 0 Å². The van der Waals surface area contributed by atoms with Gasteiger partial charge in [-0.2, -0.15) is 5.26 Å². The van der Waals surface area contributed by atoms with Crippen LogP contribution < -0.4 is 10.6 Å². The quantitative estimate of drug-likeness (QED) is 0.838. The van der Waals surface area contributed by atoms with Crippen molar-refractivity contribution in [1.82, 2.24) is 10.3 Å². The zero-order valence-corrected chi connectivity index (χ0v) is 12.9. The predicted octanol–water partition coefficient (Wildman–Crippen LogP) is 3.62. The van der Waals surface area contributed by atoms with Crippen molar-refractivity contribution < 1.29 is 4.79 Å². The Bertz CT molecular complexity index is 690. The molecule has 22 heavy (non-hydrogen) atoms. The van der Waals surface area contributed by atoms with Gasteiger partial charge in [0.05, 0.1) is 5.02 Å². The highest BCUT2D eigenvalue weighted by Crippen LogP contribution is 2.24. The zero-order chi connectivity index (χ0) is 15.9. The molecule has 0 atom stereocenters. The van der Waals surface area contributed by atoms with Crippen LogP contribution in [-0.4, -0.2) is 17.6 Å². The summed E-state index contributed by atoms with van der Waals surface area (Å²) in [6, 6.07) is 12.6. The van der Waals surface area contributed by atoms with Crippen LogP contribution in [0.2, 0.25) is 10.2 Å². The first kappa shape index (κ1) is 16.1. The fraction of sp³-hybridized carbons (Fsp3) is 0.133. The molecule has 0 fully saturated rings. The maximum absolute atomic E-state index is 11.8. The Labute approximate surface area is 137 Å². The first-order valence-electron chi connectivity index (χ1n) is 6.45. The summed E-state index contributed by atoms with van der Waals surface area (Å²) in [6.07, 6.45) is 0.719. The first-order valence-corrected chi connectivity index (χ1v) is 7.20. The van der Waals surface area contributed by atoms with E-state index in [1.807, 2.05) is 36.4 Å². The molecule has 0 aliphatic carbocycles. The minimum Gasteiger partial charge on any atom is -0.337 e. The summed E-state index contributed by atoms with van der Waals surface area (Å²) in [7, 11) is 0. The molecule has 2 amide bonds. The van der Waals surface area contributed by atoms with E-state index in [1.165, 1.54) is 6.07 Å². The number of carbonyl (C=O) groups is 1. The predicted molar refractivity (Wildman–Crippen MR) is 86.1 cm³/mol. The van der Waals surface area contributed by atoms with Crippen molar-refractivity contribution in [2.75, 3.05) is 11.9 Å². The van der Waals surface area contributed by atoms with Crippen molar-refractivity contribution in [2.45, 2.75) is 6.42 Å². The molecule has 112 valence electrons. The average molecular weight is 335 g/mol. The Balaban J connectivity index is 1.89. The molecule has 0 saturated carbocycles. The van der Waals surface area contributed by atoms with Crippen LogP contribution in [0.5, 0.6) is 0 Å². The van der Waals surface area contributed by atoms with Gasteiger partial charge in [0, 0.05) is 12.6 Å². The molecule has 2 rings (SSSR count). The van der Waals surface area contributed by atoms with E-state index in [-0.39, 0.29) is 21.6 Å². The molecular weight excluding hydrogens is 323 g/mol. The Morgan fingerprint density at radius 2 is 2.00 bits per heavy atom. The fourth-order valence-corrected chi connectivity index (χ4v) is 2.29. The van der Waals surface area contributed by atoms with Gasteiger partial charge in [-0.25, -0.2) is 9.78 Å². The van der Waals surface area contributed by atoms with E-state index in [0.29, 0.717) is 6.54 Å². The van der Waals surface area contributed by atoms with Crippen LogP contribution in [-0.2, 0) is 6.42 Å². The number of aromatic nitrogens is 1. The highest BCUT2D eigenvalue weighted by atomic mass is 35.5. The number of halogens is 2. The molecule has 2 N–H and O–H groups in total. The SMILES string of the molecule is N#Cc1c(Cl)cc(NC(=O)NCCc2ccccc2)nc1Cl. The number of hydrogen-bond donors (Lipinski definition) is 2. The number of nitrogens with one attached hydrogen (secondary N) is 2. The molecule has 5 nitrogen and oxygen atoms in total. The van der Waals surface area contributed by atoms with Crippen LogP contribution in [0.15, 0.2) is 36.4 Å². The molecule has 0 radical (unpaired) electrons. The van der Waals surface area contributed by atoms with Crippen molar-refractivity contribution >= 4 is 35.1 Å². The monoisotopic (exact) mass is 334 g/mol. The van der Waals surface area contributed by atoms with Crippen molar-refractivity contribution in [3.05, 3.63) is 57.7 Å². The normalized spacial score (nSPS) is 9.86. The van der Waals surface area contributed by atoms with Gasteiger partial charge in [-0.05, 0) is 12.0 Å². The van der Waals surface area contributed by atoms with Gasteiger partial charge in [0.15, 0.2) is 5.15 Å². The number of benzene rings is 1. The summed E-state index contributed by atoms with van der Waals surface area (Å²) < 4.78 is 0. The Morgan fingerprint density at radius 3 is 2.64 bits per heavy atom. The Morgan fingerprint density at radius 1 is 1.27 bits per heavy atom. The summed E-state index contributed by atoms with van der Waals surface area (Å²) >= 11 is 11.7. The lowest BCUT2D eigenvalue weighted by Gasteiger charge is -2.08. The van der Waals surface area contributed by atoms with Crippen molar-refractivity contribution in [3.8, 4) is 6.07 Å². The number of nitrogens with zero attached hydrogens (tertiary/aromatic N) is 2. The number of hydrogen-bond acceptors (Lipinski definition) is 3. The van der Waals surface area contributed by atoms with E-state index in [4.69, 9.17) is 28.5 Å². The van der Waals surface area contributed by atoms with Crippen molar-refractivity contribution in [3.63, 3.8) is 0 Å². The molecule has 1 heterocycles. The van der Waals surface area contributed by atoms with Crippen LogP contribution in [0.1, 0.15) is 11.1 Å². The van der Waals surface area contributed by atoms with Crippen molar-refractivity contribution in [2.24, 2.45) is 0 Å². The van der Waals surface area contributed by atoms with E-state index >= 15 is 0 Å². The van der Waals surface area contributed by atoms with E-state index < -0.39 is 6.03 Å². The van der Waals surface area contributed by atoms with Gasteiger partial charge in [-0.15, -0.1) is 0 Å². The number of urea groups is 1. The van der Waals surface area contributed by atoms with E-state index in [0.717, 1.165) is 12.0 Å². The molecule has 0 aliphatic heterocycles. The standard InChI is InChI=1S/C15H12Cl2N4O/c16-12-8-13(20-14(17)11(12)9-18)21-15(22)19-7-6-10-4-2-1-3-5-10/h1-5,8H,6-7H2,(H2,19,20,21,22). The average Bonchev–Trinajstić information content (AvgIpc) is 2.48. The van der Waals surface area contributed by atoms with Crippen LogP contribution >= 0.6 is 23.2 Å². The molecule has 0 saturated heterocycles. The summed E-state index contributed by atoms with van der Waals surface area (Å²) in [4.78, 5) is 15.7. The summed E-state index contributed by atoms with van der Waals surface area (Å²) in [6.45, 7) is 0.480. The third kappa shape index (κ3) is 4.35. The lowest BCUT2D eigenvalue weighted by atomic mass is 10.1. The summed E-state index contributed by atoms with van der Waals surface area (Å²) in [5, 5.41) is 14.2. The van der Waals surface area contributed by atoms with Gasteiger partial charge in [0.25, 0.3) is 0 Å². The van der Waals surface area contributed by atoms with Crippen molar-refractivity contribution in [1.29, 1.82) is 5.26 Å². The maximum Gasteiger partial charge on any atom is 0.320 e. The molecule has 0 aliphatic rings. The van der Waals surface area contributed by atoms with Gasteiger partial charge < -0.3 is 5.32 Å². The van der Waals surface area contributed by atoms with Gasteiger partial charge in [0.2, 0.25) is 0 Å². The van der Waals surface area contributed by atoms with E-state index in [2.05, 4.69) is 15.6 Å². The summed E-state index contributed by atoms with van der Waals surface area (Å²) in [5.74, 6) is 0.186. The van der Waals surface area contributed by atoms with Crippen LogP contribution in [0.25, 0.3) is 0 Å². The highest BCUT2D eigenvalue weighted by Gasteiger charge is 2.11. The van der Waals surface area contributed by atoms with Gasteiger partial charge >= 0.3 is 6.03 Å². The molecule has 2 aromatic rings. The van der Waals surface area contributed by atoms with Gasteiger partial charge in [-0.1, -0.05) is 53.5 Å². The molecule has 0 spiro atoms. The number of amides is 2. The highest BCUT2D eigenvalue weighted by molar-refractivity contribution is 6.36. The minimum atomic E-state index is -0.416. The first-order chi connectivity index (χ1) is 10.6. The van der Waals surface area contributed by atoms with Gasteiger partial charge in [0.1, 0.15) is 17.5 Å². The third-order valence-corrected chi connectivity index (χ3v) is 3.39. The maximum atomic E-state index is 11.8. The molecule has 1 aromatic heterocycles. The Kier molecular flexibility index (Phi) is 5.59.